The molecule has 2 aromatic carbocycles. The summed E-state index contributed by atoms with van der Waals surface area (Å²) >= 11 is 0. The molecule has 2 aromatic heterocycles. The van der Waals surface area contributed by atoms with Crippen molar-refractivity contribution in [3.8, 4) is 5.75 Å². The van der Waals surface area contributed by atoms with Crippen LogP contribution in [-0.2, 0) is 16.1 Å². The van der Waals surface area contributed by atoms with Gasteiger partial charge in [0.25, 0.3) is 11.8 Å². The fourth-order valence-electron chi connectivity index (χ4n) is 4.36. The summed E-state index contributed by atoms with van der Waals surface area (Å²) < 4.78 is 7.59. The summed E-state index contributed by atoms with van der Waals surface area (Å²) in [6, 6.07) is 13.6. The molecule has 0 bridgehead atoms. The standard InChI is InChI=1S/C25H23N3O3.C2H6N2/c1-3-4-11-28-14-19(17-12-15(31-2)9-10-21(17)28)23-22(24(29)27-25(23)30)18-13-26-20-8-6-5-7-16(18)20;1-2(3)4/h5-10,12-14,26H,3-4,11H2,1-2H3,(H,27,29,30);1H3,(H3,3,4). The SMILES string of the molecule is CC(=N)N.CCCCn1cc(C2=C(c3c[nH]c4ccccc34)C(=O)NC2=O)c2cc(OC)ccc21. The third kappa shape index (κ3) is 4.55. The van der Waals surface area contributed by atoms with E-state index in [1.54, 1.807) is 13.3 Å². The number of carbonyl (C=O) groups is 2. The number of unbranched alkanes of at least 4 members (excludes halogenated alkanes) is 1. The predicted octanol–water partition coefficient (Wildman–Crippen LogP) is 4.44. The number of rotatable bonds is 6. The number of para-hydroxylation sites is 1. The average Bonchev–Trinajstić information content (AvgIpc) is 3.49. The van der Waals surface area contributed by atoms with Crippen LogP contribution in [0.2, 0.25) is 0 Å². The van der Waals surface area contributed by atoms with Crippen molar-refractivity contribution in [2.24, 2.45) is 5.73 Å². The quantitative estimate of drug-likeness (QED) is 0.188. The number of aryl methyl sites for hydroxylation is 1. The molecule has 0 saturated carbocycles. The number of nitrogens with zero attached hydrogens (tertiary/aromatic N) is 1. The molecule has 1 aliphatic rings. The van der Waals surface area contributed by atoms with Crippen LogP contribution in [0.5, 0.6) is 5.75 Å². The van der Waals surface area contributed by atoms with E-state index in [0.29, 0.717) is 16.9 Å². The van der Waals surface area contributed by atoms with E-state index in [1.807, 2.05) is 48.7 Å². The molecule has 0 atom stereocenters. The van der Waals surface area contributed by atoms with Gasteiger partial charge in [-0.3, -0.25) is 20.3 Å². The lowest BCUT2D eigenvalue weighted by atomic mass is 9.95. The summed E-state index contributed by atoms with van der Waals surface area (Å²) in [5, 5.41) is 10.6. The van der Waals surface area contributed by atoms with Crippen molar-refractivity contribution in [3.63, 3.8) is 0 Å². The maximum atomic E-state index is 13.0. The Balaban J connectivity index is 0.000000672. The monoisotopic (exact) mass is 471 g/mol. The molecule has 0 spiro atoms. The van der Waals surface area contributed by atoms with Crippen molar-refractivity contribution in [2.45, 2.75) is 33.2 Å². The zero-order valence-corrected chi connectivity index (χ0v) is 20.1. The van der Waals surface area contributed by atoms with E-state index in [-0.39, 0.29) is 17.6 Å². The van der Waals surface area contributed by atoms with Gasteiger partial charge in [0, 0.05) is 51.9 Å². The second-order valence-electron chi connectivity index (χ2n) is 8.44. The summed E-state index contributed by atoms with van der Waals surface area (Å²) in [5.74, 6) is 0.130. The van der Waals surface area contributed by atoms with Gasteiger partial charge in [-0.1, -0.05) is 31.5 Å². The minimum absolute atomic E-state index is 0.167. The molecular weight excluding hydrogens is 442 g/mol. The third-order valence-corrected chi connectivity index (χ3v) is 5.90. The van der Waals surface area contributed by atoms with E-state index in [4.69, 9.17) is 15.9 Å². The summed E-state index contributed by atoms with van der Waals surface area (Å²) in [6.45, 7) is 4.51. The molecule has 35 heavy (non-hydrogen) atoms. The number of hydrogen-bond acceptors (Lipinski definition) is 4. The highest BCUT2D eigenvalue weighted by molar-refractivity contribution is 6.50. The topological polar surface area (TPSA) is 126 Å². The lowest BCUT2D eigenvalue weighted by Crippen LogP contribution is -2.22. The van der Waals surface area contributed by atoms with Gasteiger partial charge in [0.2, 0.25) is 0 Å². The molecule has 8 nitrogen and oxygen atoms in total. The van der Waals surface area contributed by atoms with Crippen LogP contribution in [-0.4, -0.2) is 34.3 Å². The lowest BCUT2D eigenvalue weighted by Gasteiger charge is -2.05. The van der Waals surface area contributed by atoms with Crippen LogP contribution in [0, 0.1) is 5.41 Å². The van der Waals surface area contributed by atoms with Crippen molar-refractivity contribution in [2.75, 3.05) is 7.11 Å². The van der Waals surface area contributed by atoms with Crippen molar-refractivity contribution in [1.82, 2.24) is 14.9 Å². The van der Waals surface area contributed by atoms with E-state index in [1.165, 1.54) is 6.92 Å². The Bertz CT molecular complexity index is 1470. The van der Waals surface area contributed by atoms with Crippen LogP contribution in [0.3, 0.4) is 0 Å². The van der Waals surface area contributed by atoms with Crippen LogP contribution in [0.15, 0.2) is 54.9 Å². The Morgan fingerprint density at radius 3 is 2.43 bits per heavy atom. The van der Waals surface area contributed by atoms with Crippen LogP contribution in [0.25, 0.3) is 33.0 Å². The first-order chi connectivity index (χ1) is 16.8. The van der Waals surface area contributed by atoms with Crippen LogP contribution >= 0.6 is 0 Å². The highest BCUT2D eigenvalue weighted by Gasteiger charge is 2.35. The maximum Gasteiger partial charge on any atom is 0.259 e. The number of amidine groups is 1. The van der Waals surface area contributed by atoms with E-state index < -0.39 is 0 Å². The molecule has 5 N–H and O–H groups in total. The molecule has 0 fully saturated rings. The molecule has 3 heterocycles. The van der Waals surface area contributed by atoms with Crippen molar-refractivity contribution in [3.05, 3.63) is 66.0 Å². The van der Waals surface area contributed by atoms with Gasteiger partial charge in [0.15, 0.2) is 0 Å². The number of aromatic nitrogens is 2. The van der Waals surface area contributed by atoms with Crippen LogP contribution in [0.1, 0.15) is 37.8 Å². The molecule has 8 heteroatoms. The number of amides is 2. The van der Waals surface area contributed by atoms with Crippen molar-refractivity contribution < 1.29 is 14.3 Å². The summed E-state index contributed by atoms with van der Waals surface area (Å²) in [5.41, 5.74) is 8.91. The Morgan fingerprint density at radius 2 is 1.74 bits per heavy atom. The molecule has 4 aromatic rings. The number of imide groups is 1. The Labute approximate surface area is 203 Å². The molecular formula is C27H29N5O3. The van der Waals surface area contributed by atoms with Crippen molar-refractivity contribution in [1.29, 1.82) is 5.41 Å². The number of hydrogen-bond donors (Lipinski definition) is 4. The van der Waals surface area contributed by atoms with Crippen LogP contribution in [0.4, 0.5) is 0 Å². The number of nitrogens with two attached hydrogens (primary N) is 1. The number of carbonyl (C=O) groups excluding carboxylic acids is 2. The number of nitrogens with one attached hydrogen (secondary N) is 3. The van der Waals surface area contributed by atoms with Gasteiger partial charge >= 0.3 is 0 Å². The molecule has 180 valence electrons. The second kappa shape index (κ2) is 9.89. The maximum absolute atomic E-state index is 13.0. The number of aromatic amines is 1. The third-order valence-electron chi connectivity index (χ3n) is 5.90. The molecule has 1 aliphatic heterocycles. The fraction of sp³-hybridized carbons (Fsp3) is 0.222. The van der Waals surface area contributed by atoms with Gasteiger partial charge < -0.3 is 20.0 Å². The average molecular weight is 472 g/mol. The smallest absolute Gasteiger partial charge is 0.259 e. The number of ether oxygens (including phenoxy) is 1. The summed E-state index contributed by atoms with van der Waals surface area (Å²) in [7, 11) is 1.62. The van der Waals surface area contributed by atoms with Crippen molar-refractivity contribution >= 4 is 50.6 Å². The number of benzene rings is 2. The van der Waals surface area contributed by atoms with E-state index >= 15 is 0 Å². The normalized spacial score (nSPS) is 13.2. The van der Waals surface area contributed by atoms with Gasteiger partial charge in [-0.2, -0.15) is 0 Å². The Hall–Kier alpha value is -4.33. The molecule has 0 radical (unpaired) electrons. The fourth-order valence-corrected chi connectivity index (χ4v) is 4.36. The first-order valence-electron chi connectivity index (χ1n) is 11.5. The van der Waals surface area contributed by atoms with E-state index in [2.05, 4.69) is 21.8 Å². The van der Waals surface area contributed by atoms with E-state index in [9.17, 15) is 9.59 Å². The number of H-pyrrole nitrogens is 1. The van der Waals surface area contributed by atoms with Gasteiger partial charge in [0.05, 0.1) is 24.1 Å². The zero-order chi connectivity index (χ0) is 25.1. The Kier molecular flexibility index (Phi) is 6.73. The first kappa shape index (κ1) is 23.8. The van der Waals surface area contributed by atoms with Gasteiger partial charge in [-0.15, -0.1) is 0 Å². The second-order valence-corrected chi connectivity index (χ2v) is 8.44. The number of methoxy groups -OCH3 is 1. The minimum Gasteiger partial charge on any atom is -0.497 e. The summed E-state index contributed by atoms with van der Waals surface area (Å²) in [6.07, 6.45) is 5.87. The predicted molar refractivity (Wildman–Crippen MR) is 139 cm³/mol. The lowest BCUT2D eigenvalue weighted by molar-refractivity contribution is -0.122. The zero-order valence-electron chi connectivity index (χ0n) is 20.1. The summed E-state index contributed by atoms with van der Waals surface area (Å²) in [4.78, 5) is 29.1. The molecule has 0 saturated heterocycles. The Morgan fingerprint density at radius 1 is 1.06 bits per heavy atom. The molecule has 0 aliphatic carbocycles. The van der Waals surface area contributed by atoms with Gasteiger partial charge in [0.1, 0.15) is 5.75 Å². The molecule has 0 unspecified atom stereocenters. The van der Waals surface area contributed by atoms with Gasteiger partial charge in [-0.25, -0.2) is 0 Å². The van der Waals surface area contributed by atoms with Gasteiger partial charge in [-0.05, 0) is 37.6 Å². The largest absolute Gasteiger partial charge is 0.497 e. The molecule has 2 amide bonds. The minimum atomic E-state index is -0.373. The first-order valence-corrected chi connectivity index (χ1v) is 11.5. The highest BCUT2D eigenvalue weighted by atomic mass is 16.5. The van der Waals surface area contributed by atoms with Crippen LogP contribution < -0.4 is 15.8 Å². The molecule has 5 rings (SSSR count). The number of fused-ring (bicyclic) bond motifs is 2. The highest BCUT2D eigenvalue weighted by Crippen LogP contribution is 2.39. The van der Waals surface area contributed by atoms with E-state index in [0.717, 1.165) is 52.3 Å².